The summed E-state index contributed by atoms with van der Waals surface area (Å²) in [5.41, 5.74) is 4.27. The highest BCUT2D eigenvalue weighted by atomic mass is 35.5. The predicted octanol–water partition coefficient (Wildman–Crippen LogP) is 4.87. The summed E-state index contributed by atoms with van der Waals surface area (Å²) in [6.45, 7) is 8.98. The molecule has 0 N–H and O–H groups in total. The number of aromatic nitrogens is 4. The van der Waals surface area contributed by atoms with Crippen molar-refractivity contribution in [2.75, 3.05) is 6.61 Å². The molecule has 3 heterocycles. The van der Waals surface area contributed by atoms with Gasteiger partial charge in [-0.3, -0.25) is 4.98 Å². The highest BCUT2D eigenvalue weighted by Gasteiger charge is 2.20. The van der Waals surface area contributed by atoms with Gasteiger partial charge in [0, 0.05) is 47.1 Å². The van der Waals surface area contributed by atoms with Crippen molar-refractivity contribution in [3.05, 3.63) is 47.0 Å². The number of nitrogens with zero attached hydrogens (tertiary/aromatic N) is 4. The largest absolute Gasteiger partial charge is 0.463 e. The minimum absolute atomic E-state index is 0.136. The Labute approximate surface area is 169 Å². The molecular weight excluding hydrogens is 376 g/mol. The van der Waals surface area contributed by atoms with Gasteiger partial charge in [-0.25, -0.2) is 14.5 Å². The Bertz CT molecular complexity index is 1040. The van der Waals surface area contributed by atoms with Crippen LogP contribution in [-0.4, -0.2) is 32.3 Å². The Morgan fingerprint density at radius 2 is 2.07 bits per heavy atom. The van der Waals surface area contributed by atoms with E-state index < -0.39 is 5.97 Å². The molecule has 0 saturated heterocycles. The lowest BCUT2D eigenvalue weighted by atomic mass is 9.93. The number of ether oxygens (including phenoxy) is 1. The van der Waals surface area contributed by atoms with Crippen molar-refractivity contribution in [1.29, 1.82) is 0 Å². The Kier molecular flexibility index (Phi) is 6.09. The fourth-order valence-electron chi connectivity index (χ4n) is 3.16. The first-order valence-corrected chi connectivity index (χ1v) is 9.69. The molecule has 0 saturated carbocycles. The van der Waals surface area contributed by atoms with Gasteiger partial charge >= 0.3 is 5.97 Å². The molecule has 0 aromatic carbocycles. The maximum absolute atomic E-state index is 11.9. The van der Waals surface area contributed by atoms with E-state index in [9.17, 15) is 4.79 Å². The zero-order valence-electron chi connectivity index (χ0n) is 16.4. The number of rotatable bonds is 6. The zero-order valence-corrected chi connectivity index (χ0v) is 17.2. The molecule has 0 spiro atoms. The van der Waals surface area contributed by atoms with Crippen LogP contribution in [-0.2, 0) is 16.1 Å². The molecule has 0 aliphatic rings. The molecule has 3 aromatic rings. The van der Waals surface area contributed by atoms with Crippen LogP contribution in [0.4, 0.5) is 0 Å². The SMILES string of the molecule is CCOC(=O)/C=C/c1c(C(C)C)nc2c(cnn2CC)c1-c1cncc(Cl)c1. The van der Waals surface area contributed by atoms with Crippen molar-refractivity contribution in [1.82, 2.24) is 19.7 Å². The van der Waals surface area contributed by atoms with Crippen LogP contribution in [0.25, 0.3) is 28.2 Å². The van der Waals surface area contributed by atoms with Gasteiger partial charge in [0.1, 0.15) is 0 Å². The van der Waals surface area contributed by atoms with Crippen LogP contribution in [0.3, 0.4) is 0 Å². The molecule has 0 radical (unpaired) electrons. The number of halogens is 1. The van der Waals surface area contributed by atoms with Gasteiger partial charge in [0.2, 0.25) is 0 Å². The summed E-state index contributed by atoms with van der Waals surface area (Å²) in [5.74, 6) is -0.255. The third-order valence-corrected chi connectivity index (χ3v) is 4.57. The molecule has 0 atom stereocenters. The maximum Gasteiger partial charge on any atom is 0.330 e. The number of pyridine rings is 2. The van der Waals surface area contributed by atoms with E-state index in [0.717, 1.165) is 33.4 Å². The molecule has 7 heteroatoms. The molecule has 3 rings (SSSR count). The van der Waals surface area contributed by atoms with Gasteiger partial charge in [0.05, 0.1) is 23.5 Å². The van der Waals surface area contributed by atoms with Crippen molar-refractivity contribution in [2.24, 2.45) is 0 Å². The summed E-state index contributed by atoms with van der Waals surface area (Å²) in [6, 6.07) is 1.86. The molecule has 0 amide bonds. The molecule has 6 nitrogen and oxygen atoms in total. The van der Waals surface area contributed by atoms with Crippen molar-refractivity contribution < 1.29 is 9.53 Å². The molecule has 146 valence electrons. The number of hydrogen-bond acceptors (Lipinski definition) is 5. The van der Waals surface area contributed by atoms with E-state index in [4.69, 9.17) is 21.3 Å². The van der Waals surface area contributed by atoms with Crippen molar-refractivity contribution >= 4 is 34.7 Å². The third kappa shape index (κ3) is 3.92. The normalized spacial score (nSPS) is 11.6. The second-order valence-corrected chi connectivity index (χ2v) is 7.05. The summed E-state index contributed by atoms with van der Waals surface area (Å²) in [4.78, 5) is 21.1. The van der Waals surface area contributed by atoms with E-state index in [1.807, 2.05) is 17.7 Å². The summed E-state index contributed by atoms with van der Waals surface area (Å²) < 4.78 is 6.90. The second kappa shape index (κ2) is 8.52. The van der Waals surface area contributed by atoms with Crippen molar-refractivity contribution in [3.63, 3.8) is 0 Å². The lowest BCUT2D eigenvalue weighted by Crippen LogP contribution is -2.05. The van der Waals surface area contributed by atoms with Crippen LogP contribution in [0, 0.1) is 0 Å². The minimum atomic E-state index is -0.392. The molecule has 28 heavy (non-hydrogen) atoms. The van der Waals surface area contributed by atoms with Crippen molar-refractivity contribution in [2.45, 2.75) is 40.2 Å². The molecule has 0 aliphatic heterocycles. The third-order valence-electron chi connectivity index (χ3n) is 4.37. The van der Waals surface area contributed by atoms with Crippen LogP contribution in [0.1, 0.15) is 44.9 Å². The van der Waals surface area contributed by atoms with Gasteiger partial charge in [-0.15, -0.1) is 0 Å². The molecular formula is C21H23ClN4O2. The van der Waals surface area contributed by atoms with Crippen LogP contribution in [0.2, 0.25) is 5.02 Å². The summed E-state index contributed by atoms with van der Waals surface area (Å²) in [6.07, 6.45) is 8.35. The van der Waals surface area contributed by atoms with Crippen LogP contribution in [0.15, 0.2) is 30.7 Å². The minimum Gasteiger partial charge on any atom is -0.463 e. The molecule has 3 aromatic heterocycles. The number of fused-ring (bicyclic) bond motifs is 1. The summed E-state index contributed by atoms with van der Waals surface area (Å²) >= 11 is 6.21. The highest BCUT2D eigenvalue weighted by molar-refractivity contribution is 6.30. The average Bonchev–Trinajstić information content (AvgIpc) is 3.08. The Morgan fingerprint density at radius 1 is 1.29 bits per heavy atom. The first kappa shape index (κ1) is 20.0. The van der Waals surface area contributed by atoms with Crippen molar-refractivity contribution in [3.8, 4) is 11.1 Å². The lowest BCUT2D eigenvalue weighted by Gasteiger charge is -2.16. The van der Waals surface area contributed by atoms with Crippen LogP contribution >= 0.6 is 11.6 Å². The fourth-order valence-corrected chi connectivity index (χ4v) is 3.34. The number of aryl methyl sites for hydroxylation is 1. The molecule has 0 aliphatic carbocycles. The van der Waals surface area contributed by atoms with Crippen LogP contribution in [0.5, 0.6) is 0 Å². The maximum atomic E-state index is 11.9. The first-order chi connectivity index (χ1) is 13.5. The van der Waals surface area contributed by atoms with E-state index in [0.29, 0.717) is 18.2 Å². The van der Waals surface area contributed by atoms with Gasteiger partial charge in [-0.1, -0.05) is 25.4 Å². The predicted molar refractivity (Wildman–Crippen MR) is 111 cm³/mol. The first-order valence-electron chi connectivity index (χ1n) is 9.31. The van der Waals surface area contributed by atoms with E-state index in [1.54, 1.807) is 31.6 Å². The number of hydrogen-bond donors (Lipinski definition) is 0. The zero-order chi connectivity index (χ0) is 20.3. The summed E-state index contributed by atoms with van der Waals surface area (Å²) in [7, 11) is 0. The summed E-state index contributed by atoms with van der Waals surface area (Å²) in [5, 5.41) is 5.90. The fraction of sp³-hybridized carbons (Fsp3) is 0.333. The van der Waals surface area contributed by atoms with Crippen LogP contribution < -0.4 is 0 Å². The molecule has 0 unspecified atom stereocenters. The molecule has 0 fully saturated rings. The second-order valence-electron chi connectivity index (χ2n) is 6.62. The monoisotopic (exact) mass is 398 g/mol. The van der Waals surface area contributed by atoms with E-state index in [2.05, 4.69) is 23.9 Å². The van der Waals surface area contributed by atoms with E-state index in [-0.39, 0.29) is 5.92 Å². The number of esters is 1. The molecule has 0 bridgehead atoms. The Hall–Kier alpha value is -2.73. The van der Waals surface area contributed by atoms with E-state index in [1.165, 1.54) is 6.08 Å². The van der Waals surface area contributed by atoms with Gasteiger partial charge in [0.15, 0.2) is 5.65 Å². The Balaban J connectivity index is 2.35. The smallest absolute Gasteiger partial charge is 0.330 e. The average molecular weight is 399 g/mol. The van der Waals surface area contributed by atoms with Gasteiger partial charge < -0.3 is 4.74 Å². The standard InChI is InChI=1S/C21H23ClN4O2/c1-5-26-21-17(12-24-26)19(14-9-15(22)11-23-10-14)16(20(25-21)13(3)4)7-8-18(27)28-6-2/h7-13H,5-6H2,1-4H3/b8-7+. The topological polar surface area (TPSA) is 69.9 Å². The van der Waals surface area contributed by atoms with Gasteiger partial charge in [-0.05, 0) is 31.9 Å². The number of carbonyl (C=O) groups is 1. The Morgan fingerprint density at radius 3 is 2.71 bits per heavy atom. The number of carbonyl (C=O) groups excluding carboxylic acids is 1. The quantitative estimate of drug-likeness (QED) is 0.437. The highest BCUT2D eigenvalue weighted by Crippen LogP contribution is 2.36. The van der Waals surface area contributed by atoms with E-state index >= 15 is 0 Å². The lowest BCUT2D eigenvalue weighted by molar-refractivity contribution is -0.137. The van der Waals surface area contributed by atoms with Gasteiger partial charge in [0.25, 0.3) is 0 Å². The van der Waals surface area contributed by atoms with Gasteiger partial charge in [-0.2, -0.15) is 5.10 Å².